The summed E-state index contributed by atoms with van der Waals surface area (Å²) in [7, 11) is 0. The van der Waals surface area contributed by atoms with Crippen molar-refractivity contribution in [3.05, 3.63) is 77.4 Å². The Bertz CT molecular complexity index is 1930. The number of carboxylic acids is 1. The van der Waals surface area contributed by atoms with Gasteiger partial charge in [0, 0.05) is 56.3 Å². The van der Waals surface area contributed by atoms with Crippen LogP contribution < -0.4 is 15.8 Å². The topological polar surface area (TPSA) is 145 Å². The molecule has 0 atom stereocenters. The monoisotopic (exact) mass is 709 g/mol. The highest BCUT2D eigenvalue weighted by molar-refractivity contribution is 5.77. The Hall–Kier alpha value is -4.59. The molecule has 13 heteroatoms. The quantitative estimate of drug-likeness (QED) is 0.188. The molecule has 0 spiro atoms. The van der Waals surface area contributed by atoms with Crippen LogP contribution >= 0.6 is 0 Å². The van der Waals surface area contributed by atoms with Gasteiger partial charge in [0.15, 0.2) is 11.5 Å². The molecule has 1 aliphatic carbocycles. The summed E-state index contributed by atoms with van der Waals surface area (Å²) in [5.74, 6) is 0.774. The van der Waals surface area contributed by atoms with Gasteiger partial charge in [-0.1, -0.05) is 12.1 Å². The van der Waals surface area contributed by atoms with Gasteiger partial charge in [-0.25, -0.2) is 19.3 Å². The average molecular weight is 710 g/mol. The Morgan fingerprint density at radius 1 is 0.962 bits per heavy atom. The number of nitrogens with one attached hydrogen (secondary N) is 1. The summed E-state index contributed by atoms with van der Waals surface area (Å²) in [5, 5.41) is 23.6. The molecule has 13 nitrogen and oxygen atoms in total. The first-order valence-electron chi connectivity index (χ1n) is 18.7. The highest BCUT2D eigenvalue weighted by atomic mass is 16.4. The Balaban J connectivity index is 0.945. The number of piperazine rings is 1. The van der Waals surface area contributed by atoms with Crippen molar-refractivity contribution in [3.63, 3.8) is 0 Å². The summed E-state index contributed by atoms with van der Waals surface area (Å²) in [4.78, 5) is 46.2. The van der Waals surface area contributed by atoms with E-state index in [9.17, 15) is 19.8 Å². The number of hydrogen-bond donors (Lipinski definition) is 3. The maximum Gasteiger partial charge on any atom is 0.306 e. The van der Waals surface area contributed by atoms with Gasteiger partial charge in [-0.3, -0.25) is 14.5 Å². The first-order chi connectivity index (χ1) is 25.1. The highest BCUT2D eigenvalue weighted by Gasteiger charge is 2.32. The summed E-state index contributed by atoms with van der Waals surface area (Å²) in [6.07, 6.45) is 9.76. The fourth-order valence-corrected chi connectivity index (χ4v) is 8.13. The molecule has 3 fully saturated rings. The van der Waals surface area contributed by atoms with E-state index in [2.05, 4.69) is 48.7 Å². The molecule has 4 aromatic rings. The minimum atomic E-state index is -1.16. The third-order valence-corrected chi connectivity index (χ3v) is 11.1. The van der Waals surface area contributed by atoms with Gasteiger partial charge in [0.2, 0.25) is 5.95 Å². The van der Waals surface area contributed by atoms with Crippen LogP contribution in [0.4, 0.5) is 17.3 Å². The van der Waals surface area contributed by atoms with Gasteiger partial charge in [-0.05, 0) is 108 Å². The predicted octanol–water partition coefficient (Wildman–Crippen LogP) is 4.61. The van der Waals surface area contributed by atoms with Gasteiger partial charge < -0.3 is 25.3 Å². The number of carboxylic acid groups (broad SMARTS) is 1. The van der Waals surface area contributed by atoms with Crippen LogP contribution in [-0.4, -0.2) is 102 Å². The zero-order valence-electron chi connectivity index (χ0n) is 30.3. The molecule has 2 saturated heterocycles. The highest BCUT2D eigenvalue weighted by Crippen LogP contribution is 2.32. The summed E-state index contributed by atoms with van der Waals surface area (Å²) < 4.78 is 3.17. The molecule has 1 saturated carbocycles. The number of nitrogens with zero attached hydrogens (tertiary/aromatic N) is 8. The summed E-state index contributed by atoms with van der Waals surface area (Å²) >= 11 is 0. The van der Waals surface area contributed by atoms with Crippen molar-refractivity contribution in [2.75, 3.05) is 56.0 Å². The molecule has 3 N–H and O–H groups in total. The van der Waals surface area contributed by atoms with E-state index in [0.717, 1.165) is 63.7 Å². The van der Waals surface area contributed by atoms with Crippen LogP contribution in [0, 0.1) is 11.8 Å². The van der Waals surface area contributed by atoms with Crippen molar-refractivity contribution in [2.45, 2.75) is 70.6 Å². The SMILES string of the molecule is C=CCn1c(=O)c2cnc(Nc3ccc(N4CCN(CC5CCC(N6CCC(C(=O)O)CC6)CC5)CC4)cc3)nc2n1-c1cccc(C(C)(C)O)n1. The average Bonchev–Trinajstić information content (AvgIpc) is 3.42. The van der Waals surface area contributed by atoms with Crippen molar-refractivity contribution >= 4 is 34.3 Å². The first kappa shape index (κ1) is 35.8. The summed E-state index contributed by atoms with van der Waals surface area (Å²) in [6, 6.07) is 14.3. The second kappa shape index (κ2) is 15.2. The number of rotatable bonds is 11. The fraction of sp³-hybridized carbons (Fsp3) is 0.513. The van der Waals surface area contributed by atoms with E-state index in [1.165, 1.54) is 48.8 Å². The molecule has 52 heavy (non-hydrogen) atoms. The molecule has 7 rings (SSSR count). The number of aromatic nitrogens is 5. The van der Waals surface area contributed by atoms with Crippen LogP contribution in [0.3, 0.4) is 0 Å². The number of allylic oxidation sites excluding steroid dienone is 1. The number of fused-ring (bicyclic) bond motifs is 1. The van der Waals surface area contributed by atoms with Crippen molar-refractivity contribution < 1.29 is 15.0 Å². The molecule has 3 aromatic heterocycles. The van der Waals surface area contributed by atoms with Crippen molar-refractivity contribution in [2.24, 2.45) is 11.8 Å². The summed E-state index contributed by atoms with van der Waals surface area (Å²) in [5.41, 5.74) is 1.50. The Morgan fingerprint density at radius 2 is 1.67 bits per heavy atom. The fourth-order valence-electron chi connectivity index (χ4n) is 8.13. The van der Waals surface area contributed by atoms with Gasteiger partial charge in [-0.15, -0.1) is 6.58 Å². The Labute approximate surface area is 304 Å². The minimum absolute atomic E-state index is 0.156. The number of aliphatic carboxylic acids is 1. The first-order valence-corrected chi connectivity index (χ1v) is 18.7. The number of piperidine rings is 1. The standard InChI is InChI=1S/C39H51N9O4/c1-4-18-47-36(49)32-25-40-38(43-35(32)48(47)34-7-5-6-33(42-34)39(2,3)52)41-29-10-14-31(15-11-29)46-23-21-44(22-24-46)26-27-8-12-30(13-9-27)45-19-16-28(17-20-45)37(50)51/h4-7,10-11,14-15,25,27-28,30,52H,1,8-9,12-13,16-24,26H2,2-3H3,(H,50,51)(H,40,41,43). The second-order valence-electron chi connectivity index (χ2n) is 15.1. The zero-order chi connectivity index (χ0) is 36.4. The molecule has 5 heterocycles. The maximum atomic E-state index is 13.4. The molecular weight excluding hydrogens is 658 g/mol. The number of benzene rings is 1. The van der Waals surface area contributed by atoms with E-state index >= 15 is 0 Å². The van der Waals surface area contributed by atoms with E-state index < -0.39 is 11.6 Å². The van der Waals surface area contributed by atoms with E-state index in [1.807, 2.05) is 12.1 Å². The lowest BCUT2D eigenvalue weighted by atomic mass is 9.83. The van der Waals surface area contributed by atoms with Crippen molar-refractivity contribution in [1.29, 1.82) is 0 Å². The van der Waals surface area contributed by atoms with Gasteiger partial charge in [0.1, 0.15) is 11.0 Å². The summed E-state index contributed by atoms with van der Waals surface area (Å²) in [6.45, 7) is 14.5. The third kappa shape index (κ3) is 7.76. The maximum absolute atomic E-state index is 13.4. The molecule has 0 radical (unpaired) electrons. The van der Waals surface area contributed by atoms with Crippen LogP contribution in [0.15, 0.2) is 66.1 Å². The van der Waals surface area contributed by atoms with E-state index in [4.69, 9.17) is 4.98 Å². The Kier molecular flexibility index (Phi) is 10.4. The molecule has 0 bridgehead atoms. The third-order valence-electron chi connectivity index (χ3n) is 11.1. The largest absolute Gasteiger partial charge is 0.481 e. The smallest absolute Gasteiger partial charge is 0.306 e. The van der Waals surface area contributed by atoms with E-state index in [0.29, 0.717) is 34.5 Å². The van der Waals surface area contributed by atoms with Gasteiger partial charge in [0.25, 0.3) is 5.56 Å². The normalized spacial score (nSPS) is 21.0. The van der Waals surface area contributed by atoms with Crippen LogP contribution in [-0.2, 0) is 16.9 Å². The number of carbonyl (C=O) groups is 1. The van der Waals surface area contributed by atoms with Gasteiger partial charge in [0.05, 0.1) is 18.2 Å². The Morgan fingerprint density at radius 3 is 2.33 bits per heavy atom. The van der Waals surface area contributed by atoms with Crippen molar-refractivity contribution in [1.82, 2.24) is 34.1 Å². The molecule has 0 amide bonds. The van der Waals surface area contributed by atoms with E-state index in [1.54, 1.807) is 42.8 Å². The lowest BCUT2D eigenvalue weighted by Crippen LogP contribution is -2.49. The zero-order valence-corrected chi connectivity index (χ0v) is 30.3. The number of likely N-dealkylation sites (tertiary alicyclic amines) is 1. The van der Waals surface area contributed by atoms with E-state index in [-0.39, 0.29) is 18.0 Å². The molecule has 2 aliphatic heterocycles. The molecule has 276 valence electrons. The minimum Gasteiger partial charge on any atom is -0.481 e. The van der Waals surface area contributed by atoms with Gasteiger partial charge in [-0.2, -0.15) is 4.98 Å². The lowest BCUT2D eigenvalue weighted by molar-refractivity contribution is -0.143. The van der Waals surface area contributed by atoms with Crippen LogP contribution in [0.2, 0.25) is 0 Å². The second-order valence-corrected chi connectivity index (χ2v) is 15.1. The lowest BCUT2D eigenvalue weighted by Gasteiger charge is -2.42. The number of pyridine rings is 1. The molecule has 1 aromatic carbocycles. The van der Waals surface area contributed by atoms with Crippen LogP contribution in [0.5, 0.6) is 0 Å². The number of aliphatic hydroxyl groups is 1. The van der Waals surface area contributed by atoms with Crippen LogP contribution in [0.25, 0.3) is 16.9 Å². The van der Waals surface area contributed by atoms with Crippen molar-refractivity contribution in [3.8, 4) is 5.82 Å². The molecule has 0 unspecified atom stereocenters. The number of hydrogen-bond acceptors (Lipinski definition) is 10. The van der Waals surface area contributed by atoms with Crippen LogP contribution in [0.1, 0.15) is 58.1 Å². The predicted molar refractivity (Wildman–Crippen MR) is 202 cm³/mol. The molecular formula is C39H51N9O4. The van der Waals surface area contributed by atoms with Gasteiger partial charge >= 0.3 is 5.97 Å². The number of anilines is 3. The molecule has 3 aliphatic rings.